The molecule has 0 bridgehead atoms. The SMILES string of the molecule is CCCCCCCCCC(=O)NC(COC=O)C(=O)NC(CCC(=O)O)C(=O)O. The van der Waals surface area contributed by atoms with Gasteiger partial charge in [-0.05, 0) is 12.8 Å². The summed E-state index contributed by atoms with van der Waals surface area (Å²) in [6, 6.07) is -2.69. The summed E-state index contributed by atoms with van der Waals surface area (Å²) in [4.78, 5) is 56.6. The molecule has 0 aromatic carbocycles. The van der Waals surface area contributed by atoms with Crippen molar-refractivity contribution in [2.24, 2.45) is 0 Å². The van der Waals surface area contributed by atoms with E-state index >= 15 is 0 Å². The first-order chi connectivity index (χ1) is 13.8. The first kappa shape index (κ1) is 26.4. The third kappa shape index (κ3) is 14.1. The number of ether oxygens (including phenoxy) is 1. The van der Waals surface area contributed by atoms with Gasteiger partial charge in [-0.15, -0.1) is 0 Å². The molecule has 0 aromatic heterocycles. The third-order valence-electron chi connectivity index (χ3n) is 4.25. The first-order valence-electron chi connectivity index (χ1n) is 9.91. The fourth-order valence-electron chi connectivity index (χ4n) is 2.63. The Morgan fingerprint density at radius 2 is 1.52 bits per heavy atom. The van der Waals surface area contributed by atoms with E-state index in [9.17, 15) is 24.0 Å². The van der Waals surface area contributed by atoms with Crippen LogP contribution in [0, 0.1) is 0 Å². The number of aliphatic carboxylic acids is 2. The van der Waals surface area contributed by atoms with Gasteiger partial charge in [-0.2, -0.15) is 0 Å². The van der Waals surface area contributed by atoms with E-state index in [1.807, 2.05) is 0 Å². The van der Waals surface area contributed by atoms with Gasteiger partial charge in [0.2, 0.25) is 11.8 Å². The number of hydrogen-bond donors (Lipinski definition) is 4. The summed E-state index contributed by atoms with van der Waals surface area (Å²) in [6.45, 7) is 1.79. The molecule has 4 N–H and O–H groups in total. The summed E-state index contributed by atoms with van der Waals surface area (Å²) in [5.41, 5.74) is 0. The van der Waals surface area contributed by atoms with Crippen molar-refractivity contribution >= 4 is 30.2 Å². The summed E-state index contributed by atoms with van der Waals surface area (Å²) < 4.78 is 4.54. The second-order valence-corrected chi connectivity index (χ2v) is 6.75. The van der Waals surface area contributed by atoms with E-state index in [0.29, 0.717) is 6.42 Å². The fraction of sp³-hybridized carbons (Fsp3) is 0.737. The van der Waals surface area contributed by atoms with Crippen LogP contribution in [-0.4, -0.2) is 59.1 Å². The molecule has 0 aliphatic rings. The molecule has 166 valence electrons. The fourth-order valence-corrected chi connectivity index (χ4v) is 2.63. The largest absolute Gasteiger partial charge is 0.481 e. The molecule has 2 unspecified atom stereocenters. The lowest BCUT2D eigenvalue weighted by Crippen LogP contribution is -2.53. The van der Waals surface area contributed by atoms with Gasteiger partial charge in [0.15, 0.2) is 0 Å². The van der Waals surface area contributed by atoms with Crippen LogP contribution in [0.2, 0.25) is 0 Å². The van der Waals surface area contributed by atoms with E-state index in [0.717, 1.165) is 25.7 Å². The number of hydrogen-bond acceptors (Lipinski definition) is 6. The Morgan fingerprint density at radius 1 is 0.897 bits per heavy atom. The first-order valence-corrected chi connectivity index (χ1v) is 9.91. The minimum atomic E-state index is -1.43. The zero-order chi connectivity index (χ0) is 22.1. The zero-order valence-corrected chi connectivity index (χ0v) is 16.9. The summed E-state index contributed by atoms with van der Waals surface area (Å²) >= 11 is 0. The lowest BCUT2D eigenvalue weighted by Gasteiger charge is -2.20. The second-order valence-electron chi connectivity index (χ2n) is 6.75. The number of carboxylic acids is 2. The molecule has 0 saturated carbocycles. The standard InChI is InChI=1S/C19H32N2O8/c1-2-3-4-5-6-7-8-9-16(23)20-15(12-29-13-22)18(26)21-14(19(27)28)10-11-17(24)25/h13-15H,2-12H2,1H3,(H,20,23)(H,21,26)(H,24,25)(H,27,28). The monoisotopic (exact) mass is 416 g/mol. The number of carboxylic acid groups (broad SMARTS) is 2. The van der Waals surface area contributed by atoms with Crippen molar-refractivity contribution < 1.29 is 38.9 Å². The number of carbonyl (C=O) groups is 5. The Morgan fingerprint density at radius 3 is 2.07 bits per heavy atom. The molecule has 2 atom stereocenters. The van der Waals surface area contributed by atoms with Crippen LogP contribution < -0.4 is 10.6 Å². The Kier molecular flexibility index (Phi) is 14.8. The maximum absolute atomic E-state index is 12.3. The average Bonchev–Trinajstić information content (AvgIpc) is 2.66. The van der Waals surface area contributed by atoms with Crippen LogP contribution in [-0.2, 0) is 28.7 Å². The van der Waals surface area contributed by atoms with Crippen molar-refractivity contribution in [3.8, 4) is 0 Å². The number of rotatable bonds is 18. The third-order valence-corrected chi connectivity index (χ3v) is 4.25. The molecule has 29 heavy (non-hydrogen) atoms. The Bertz CT molecular complexity index is 538. The van der Waals surface area contributed by atoms with Crippen LogP contribution in [0.25, 0.3) is 0 Å². The van der Waals surface area contributed by atoms with Crippen LogP contribution in [0.5, 0.6) is 0 Å². The highest BCUT2D eigenvalue weighted by Crippen LogP contribution is 2.08. The summed E-state index contributed by atoms with van der Waals surface area (Å²) in [7, 11) is 0. The number of unbranched alkanes of at least 4 members (excludes halogenated alkanes) is 6. The maximum Gasteiger partial charge on any atom is 0.326 e. The van der Waals surface area contributed by atoms with Gasteiger partial charge in [0.05, 0.1) is 0 Å². The van der Waals surface area contributed by atoms with E-state index in [1.54, 1.807) is 0 Å². The second kappa shape index (κ2) is 16.3. The lowest BCUT2D eigenvalue weighted by molar-refractivity contribution is -0.144. The molecule has 0 aliphatic carbocycles. The number of amides is 2. The smallest absolute Gasteiger partial charge is 0.326 e. The summed E-state index contributed by atoms with van der Waals surface area (Å²) in [5.74, 6) is -3.87. The molecule has 0 radical (unpaired) electrons. The van der Waals surface area contributed by atoms with Crippen LogP contribution >= 0.6 is 0 Å². The van der Waals surface area contributed by atoms with Crippen molar-refractivity contribution in [2.75, 3.05) is 6.61 Å². The lowest BCUT2D eigenvalue weighted by atomic mass is 10.1. The maximum atomic E-state index is 12.3. The van der Waals surface area contributed by atoms with Crippen LogP contribution in [0.4, 0.5) is 0 Å². The molecule has 0 aromatic rings. The molecule has 0 saturated heterocycles. The Balaban J connectivity index is 4.54. The molecule has 2 amide bonds. The van der Waals surface area contributed by atoms with E-state index < -0.39 is 48.9 Å². The molecular weight excluding hydrogens is 384 g/mol. The minimum absolute atomic E-state index is 0.113. The molecule has 0 rings (SSSR count). The molecule has 10 nitrogen and oxygen atoms in total. The van der Waals surface area contributed by atoms with Crippen molar-refractivity contribution in [1.82, 2.24) is 10.6 Å². The average molecular weight is 416 g/mol. The number of nitrogens with one attached hydrogen (secondary N) is 2. The Labute approximate surface area is 170 Å². The molecular formula is C19H32N2O8. The van der Waals surface area contributed by atoms with Crippen LogP contribution in [0.3, 0.4) is 0 Å². The van der Waals surface area contributed by atoms with E-state index in [4.69, 9.17) is 10.2 Å². The van der Waals surface area contributed by atoms with Crippen molar-refractivity contribution in [1.29, 1.82) is 0 Å². The molecule has 0 fully saturated rings. The van der Waals surface area contributed by atoms with Gasteiger partial charge in [0.1, 0.15) is 18.7 Å². The van der Waals surface area contributed by atoms with Crippen LogP contribution in [0.1, 0.15) is 71.1 Å². The topological polar surface area (TPSA) is 159 Å². The molecule has 0 spiro atoms. The highest BCUT2D eigenvalue weighted by atomic mass is 16.5. The predicted molar refractivity (Wildman–Crippen MR) is 103 cm³/mol. The summed E-state index contributed by atoms with van der Waals surface area (Å²) in [5, 5.41) is 22.4. The molecule has 0 aliphatic heterocycles. The quantitative estimate of drug-likeness (QED) is 0.192. The number of carbonyl (C=O) groups excluding carboxylic acids is 3. The highest BCUT2D eigenvalue weighted by molar-refractivity contribution is 5.90. The van der Waals surface area contributed by atoms with Gasteiger partial charge in [-0.1, -0.05) is 45.4 Å². The van der Waals surface area contributed by atoms with Crippen molar-refractivity contribution in [2.45, 2.75) is 83.2 Å². The van der Waals surface area contributed by atoms with Gasteiger partial charge in [-0.3, -0.25) is 19.2 Å². The Hall–Kier alpha value is -2.65. The minimum Gasteiger partial charge on any atom is -0.481 e. The molecule has 10 heteroatoms. The van der Waals surface area contributed by atoms with Gasteiger partial charge in [-0.25, -0.2) is 4.79 Å². The van der Waals surface area contributed by atoms with Gasteiger partial charge >= 0.3 is 11.9 Å². The van der Waals surface area contributed by atoms with E-state index in [2.05, 4.69) is 22.3 Å². The van der Waals surface area contributed by atoms with Crippen molar-refractivity contribution in [3.63, 3.8) is 0 Å². The van der Waals surface area contributed by atoms with Gasteiger partial charge in [0, 0.05) is 12.8 Å². The highest BCUT2D eigenvalue weighted by Gasteiger charge is 2.27. The molecule has 0 heterocycles. The zero-order valence-electron chi connectivity index (χ0n) is 16.9. The normalized spacial score (nSPS) is 12.4. The van der Waals surface area contributed by atoms with E-state index in [-0.39, 0.29) is 19.3 Å². The van der Waals surface area contributed by atoms with Crippen LogP contribution in [0.15, 0.2) is 0 Å². The predicted octanol–water partition coefficient (Wildman–Crippen LogP) is 1.22. The summed E-state index contributed by atoms with van der Waals surface area (Å²) in [6.07, 6.45) is 6.62. The van der Waals surface area contributed by atoms with Gasteiger partial charge in [0.25, 0.3) is 6.47 Å². The van der Waals surface area contributed by atoms with Crippen molar-refractivity contribution in [3.05, 3.63) is 0 Å². The van der Waals surface area contributed by atoms with Gasteiger partial charge < -0.3 is 25.6 Å². The van der Waals surface area contributed by atoms with E-state index in [1.165, 1.54) is 12.8 Å².